The van der Waals surface area contributed by atoms with Crippen molar-refractivity contribution in [1.82, 2.24) is 15.1 Å². The SMILES string of the molecule is CC(C)NC(=O)Nc1ccnn1Cc1cccs1. The van der Waals surface area contributed by atoms with Gasteiger partial charge in [-0.2, -0.15) is 5.10 Å². The van der Waals surface area contributed by atoms with Crippen LogP contribution in [-0.2, 0) is 6.54 Å². The lowest BCUT2D eigenvalue weighted by Gasteiger charge is -2.11. The van der Waals surface area contributed by atoms with Crippen LogP contribution in [0.2, 0.25) is 0 Å². The Bertz CT molecular complexity index is 504. The van der Waals surface area contributed by atoms with Crippen LogP contribution in [0, 0.1) is 0 Å². The van der Waals surface area contributed by atoms with Crippen molar-refractivity contribution in [2.45, 2.75) is 26.4 Å². The predicted molar refractivity (Wildman–Crippen MR) is 72.9 cm³/mol. The van der Waals surface area contributed by atoms with Crippen molar-refractivity contribution in [3.63, 3.8) is 0 Å². The Hall–Kier alpha value is -1.82. The van der Waals surface area contributed by atoms with Crippen molar-refractivity contribution in [1.29, 1.82) is 0 Å². The van der Waals surface area contributed by atoms with Gasteiger partial charge in [-0.05, 0) is 25.3 Å². The number of thiophene rings is 1. The van der Waals surface area contributed by atoms with Crippen LogP contribution in [0.5, 0.6) is 0 Å². The van der Waals surface area contributed by atoms with E-state index in [0.717, 1.165) is 0 Å². The summed E-state index contributed by atoms with van der Waals surface area (Å²) >= 11 is 1.67. The summed E-state index contributed by atoms with van der Waals surface area (Å²) in [6.45, 7) is 4.51. The Morgan fingerprint density at radius 3 is 3.00 bits per heavy atom. The summed E-state index contributed by atoms with van der Waals surface area (Å²) in [7, 11) is 0. The van der Waals surface area contributed by atoms with E-state index in [-0.39, 0.29) is 12.1 Å². The fourth-order valence-corrected chi connectivity index (χ4v) is 2.22. The molecule has 0 fully saturated rings. The number of aromatic nitrogens is 2. The molecular weight excluding hydrogens is 248 g/mol. The van der Waals surface area contributed by atoms with Crippen molar-refractivity contribution in [3.8, 4) is 0 Å². The quantitative estimate of drug-likeness (QED) is 0.891. The maximum Gasteiger partial charge on any atom is 0.320 e. The highest BCUT2D eigenvalue weighted by molar-refractivity contribution is 7.09. The normalized spacial score (nSPS) is 10.6. The van der Waals surface area contributed by atoms with Gasteiger partial charge in [0.2, 0.25) is 0 Å². The van der Waals surface area contributed by atoms with Gasteiger partial charge < -0.3 is 5.32 Å². The van der Waals surface area contributed by atoms with Crippen LogP contribution < -0.4 is 10.6 Å². The molecule has 0 unspecified atom stereocenters. The average Bonchev–Trinajstić information content (AvgIpc) is 2.90. The Morgan fingerprint density at radius 2 is 2.33 bits per heavy atom. The van der Waals surface area contributed by atoms with E-state index in [1.807, 2.05) is 31.4 Å². The molecule has 2 aromatic heterocycles. The Morgan fingerprint density at radius 1 is 1.50 bits per heavy atom. The maximum absolute atomic E-state index is 11.6. The van der Waals surface area contributed by atoms with Crippen LogP contribution in [0.4, 0.5) is 10.6 Å². The zero-order valence-electron chi connectivity index (χ0n) is 10.4. The summed E-state index contributed by atoms with van der Waals surface area (Å²) in [4.78, 5) is 12.8. The molecule has 0 saturated carbocycles. The molecule has 5 nitrogen and oxygen atoms in total. The Kier molecular flexibility index (Phi) is 3.99. The van der Waals surface area contributed by atoms with Gasteiger partial charge in [0.1, 0.15) is 5.82 Å². The third kappa shape index (κ3) is 3.33. The van der Waals surface area contributed by atoms with Gasteiger partial charge >= 0.3 is 6.03 Å². The number of amides is 2. The molecule has 0 aliphatic heterocycles. The summed E-state index contributed by atoms with van der Waals surface area (Å²) in [5, 5.41) is 11.8. The van der Waals surface area contributed by atoms with Gasteiger partial charge in [-0.15, -0.1) is 11.3 Å². The first-order valence-electron chi connectivity index (χ1n) is 5.77. The molecule has 2 amide bonds. The third-order valence-corrected chi connectivity index (χ3v) is 3.12. The molecule has 0 aliphatic rings. The molecule has 0 bridgehead atoms. The van der Waals surface area contributed by atoms with Gasteiger partial charge in [-0.1, -0.05) is 6.07 Å². The van der Waals surface area contributed by atoms with Gasteiger partial charge in [-0.3, -0.25) is 5.32 Å². The molecule has 2 heterocycles. The molecule has 0 aromatic carbocycles. The molecule has 2 rings (SSSR count). The number of nitrogens with zero attached hydrogens (tertiary/aromatic N) is 2. The first-order valence-corrected chi connectivity index (χ1v) is 6.65. The van der Waals surface area contributed by atoms with E-state index >= 15 is 0 Å². The second kappa shape index (κ2) is 5.68. The molecular formula is C12H16N4OS. The molecule has 18 heavy (non-hydrogen) atoms. The number of nitrogens with one attached hydrogen (secondary N) is 2. The van der Waals surface area contributed by atoms with Crippen molar-refractivity contribution < 1.29 is 4.79 Å². The van der Waals surface area contributed by atoms with E-state index in [2.05, 4.69) is 15.7 Å². The number of carbonyl (C=O) groups excluding carboxylic acids is 1. The van der Waals surface area contributed by atoms with E-state index in [1.165, 1.54) is 4.88 Å². The number of anilines is 1. The second-order valence-electron chi connectivity index (χ2n) is 4.21. The molecule has 6 heteroatoms. The first kappa shape index (κ1) is 12.6. The summed E-state index contributed by atoms with van der Waals surface area (Å²) in [5.41, 5.74) is 0. The van der Waals surface area contributed by atoms with Gasteiger partial charge in [-0.25, -0.2) is 9.48 Å². The zero-order valence-corrected chi connectivity index (χ0v) is 11.2. The molecule has 0 saturated heterocycles. The molecule has 2 aromatic rings. The van der Waals surface area contributed by atoms with Crippen LogP contribution in [0.15, 0.2) is 29.8 Å². The van der Waals surface area contributed by atoms with Crippen LogP contribution in [0.3, 0.4) is 0 Å². The fourth-order valence-electron chi connectivity index (χ4n) is 1.53. The molecule has 0 spiro atoms. The van der Waals surface area contributed by atoms with Gasteiger partial charge in [0, 0.05) is 17.0 Å². The molecule has 0 atom stereocenters. The minimum absolute atomic E-state index is 0.110. The molecule has 2 N–H and O–H groups in total. The minimum atomic E-state index is -0.210. The fraction of sp³-hybridized carbons (Fsp3) is 0.333. The second-order valence-corrected chi connectivity index (χ2v) is 5.24. The summed E-state index contributed by atoms with van der Waals surface area (Å²) in [6.07, 6.45) is 1.68. The van der Waals surface area contributed by atoms with Gasteiger partial charge in [0.25, 0.3) is 0 Å². The first-order chi connectivity index (χ1) is 8.65. The topological polar surface area (TPSA) is 59.0 Å². The highest BCUT2D eigenvalue weighted by Crippen LogP contribution is 2.14. The number of hydrogen-bond donors (Lipinski definition) is 2. The largest absolute Gasteiger partial charge is 0.336 e. The third-order valence-electron chi connectivity index (χ3n) is 2.26. The summed E-state index contributed by atoms with van der Waals surface area (Å²) < 4.78 is 1.77. The predicted octanol–water partition coefficient (Wildman–Crippen LogP) is 2.52. The van der Waals surface area contributed by atoms with E-state index in [4.69, 9.17) is 0 Å². The van der Waals surface area contributed by atoms with Crippen LogP contribution >= 0.6 is 11.3 Å². The van der Waals surface area contributed by atoms with Gasteiger partial charge in [0.15, 0.2) is 0 Å². The average molecular weight is 264 g/mol. The van der Waals surface area contributed by atoms with Gasteiger partial charge in [0.05, 0.1) is 12.7 Å². The Labute approximate surface area is 110 Å². The molecule has 96 valence electrons. The van der Waals surface area contributed by atoms with Crippen molar-refractivity contribution in [3.05, 3.63) is 34.7 Å². The minimum Gasteiger partial charge on any atom is -0.336 e. The van der Waals surface area contributed by atoms with E-state index in [0.29, 0.717) is 12.4 Å². The monoisotopic (exact) mass is 264 g/mol. The van der Waals surface area contributed by atoms with Crippen LogP contribution in [0.1, 0.15) is 18.7 Å². The summed E-state index contributed by atoms with van der Waals surface area (Å²) in [6, 6.07) is 5.73. The van der Waals surface area contributed by atoms with Crippen molar-refractivity contribution in [2.75, 3.05) is 5.32 Å². The number of carbonyl (C=O) groups is 1. The van der Waals surface area contributed by atoms with E-state index < -0.39 is 0 Å². The lowest BCUT2D eigenvalue weighted by atomic mass is 10.4. The zero-order chi connectivity index (χ0) is 13.0. The molecule has 0 radical (unpaired) electrons. The number of hydrogen-bond acceptors (Lipinski definition) is 3. The van der Waals surface area contributed by atoms with E-state index in [1.54, 1.807) is 28.3 Å². The smallest absolute Gasteiger partial charge is 0.320 e. The lowest BCUT2D eigenvalue weighted by molar-refractivity contribution is 0.249. The van der Waals surface area contributed by atoms with E-state index in [9.17, 15) is 4.79 Å². The van der Waals surface area contributed by atoms with Crippen LogP contribution in [0.25, 0.3) is 0 Å². The van der Waals surface area contributed by atoms with Crippen LogP contribution in [-0.4, -0.2) is 21.9 Å². The number of rotatable bonds is 4. The number of urea groups is 1. The van der Waals surface area contributed by atoms with Crippen molar-refractivity contribution in [2.24, 2.45) is 0 Å². The lowest BCUT2D eigenvalue weighted by Crippen LogP contribution is -2.34. The highest BCUT2D eigenvalue weighted by Gasteiger charge is 2.08. The van der Waals surface area contributed by atoms with Crippen molar-refractivity contribution >= 4 is 23.2 Å². The highest BCUT2D eigenvalue weighted by atomic mass is 32.1. The Balaban J connectivity index is 2.01. The standard InChI is InChI=1S/C12H16N4OS/c1-9(2)14-12(17)15-11-5-6-13-16(11)8-10-4-3-7-18-10/h3-7,9H,8H2,1-2H3,(H2,14,15,17). The summed E-state index contributed by atoms with van der Waals surface area (Å²) in [5.74, 6) is 0.696. The molecule has 0 aliphatic carbocycles. The maximum atomic E-state index is 11.6.